The third-order valence-electron chi connectivity index (χ3n) is 1.02. The van der Waals surface area contributed by atoms with Crippen molar-refractivity contribution in [3.8, 4) is 0 Å². The van der Waals surface area contributed by atoms with Crippen LogP contribution >= 0.6 is 11.8 Å². The summed E-state index contributed by atoms with van der Waals surface area (Å²) in [7, 11) is 0. The van der Waals surface area contributed by atoms with Gasteiger partial charge in [-0.05, 0) is 18.7 Å². The highest BCUT2D eigenvalue weighted by atomic mass is 32.2. The van der Waals surface area contributed by atoms with Crippen molar-refractivity contribution < 1.29 is 13.2 Å². The first kappa shape index (κ1) is 11.1. The molecule has 0 atom stereocenters. The molecule has 11 heavy (non-hydrogen) atoms. The van der Waals surface area contributed by atoms with E-state index in [0.717, 1.165) is 12.2 Å². The van der Waals surface area contributed by atoms with Crippen LogP contribution in [0.2, 0.25) is 0 Å². The molecule has 0 unspecified atom stereocenters. The highest BCUT2D eigenvalue weighted by molar-refractivity contribution is 7.99. The predicted molar refractivity (Wildman–Crippen MR) is 41.7 cm³/mol. The van der Waals surface area contributed by atoms with Crippen molar-refractivity contribution in [2.45, 2.75) is 19.0 Å². The van der Waals surface area contributed by atoms with Gasteiger partial charge in [0.05, 0.1) is 6.42 Å². The van der Waals surface area contributed by atoms with Crippen LogP contribution in [0.25, 0.3) is 0 Å². The van der Waals surface area contributed by atoms with Crippen LogP contribution in [0, 0.1) is 0 Å². The van der Waals surface area contributed by atoms with E-state index in [4.69, 9.17) is 5.73 Å². The molecule has 0 rings (SSSR count). The number of alkyl halides is 3. The minimum Gasteiger partial charge on any atom is -0.330 e. The lowest BCUT2D eigenvalue weighted by atomic mass is 10.5. The molecule has 0 spiro atoms. The summed E-state index contributed by atoms with van der Waals surface area (Å²) in [6.07, 6.45) is -3.90. The first-order valence-electron chi connectivity index (χ1n) is 3.41. The molecule has 0 heterocycles. The number of halogens is 3. The molecule has 0 aromatic rings. The van der Waals surface area contributed by atoms with Gasteiger partial charge in [0.1, 0.15) is 0 Å². The maximum Gasteiger partial charge on any atom is 0.389 e. The van der Waals surface area contributed by atoms with Gasteiger partial charge >= 0.3 is 6.18 Å². The van der Waals surface area contributed by atoms with Gasteiger partial charge in [0.15, 0.2) is 0 Å². The summed E-state index contributed by atoms with van der Waals surface area (Å²) in [5.41, 5.74) is 5.16. The minimum absolute atomic E-state index is 0.156. The van der Waals surface area contributed by atoms with E-state index < -0.39 is 12.6 Å². The Morgan fingerprint density at radius 2 is 1.82 bits per heavy atom. The average molecular weight is 187 g/mol. The lowest BCUT2D eigenvalue weighted by Crippen LogP contribution is -2.08. The second kappa shape index (κ2) is 5.71. The molecule has 0 aliphatic heterocycles. The molecule has 0 saturated carbocycles. The van der Waals surface area contributed by atoms with Crippen LogP contribution < -0.4 is 5.73 Å². The Morgan fingerprint density at radius 3 is 2.27 bits per heavy atom. The Kier molecular flexibility index (Phi) is 5.76. The molecular formula is C6H12F3NS. The SMILES string of the molecule is NCCCSCCC(F)(F)F. The van der Waals surface area contributed by atoms with Gasteiger partial charge in [0, 0.05) is 5.75 Å². The second-order valence-corrected chi connectivity index (χ2v) is 3.34. The monoisotopic (exact) mass is 187 g/mol. The summed E-state index contributed by atoms with van der Waals surface area (Å²) in [6, 6.07) is 0. The molecule has 0 aromatic heterocycles. The van der Waals surface area contributed by atoms with Crippen molar-refractivity contribution >= 4 is 11.8 Å². The zero-order chi connectivity index (χ0) is 8.74. The number of thioether (sulfide) groups is 1. The molecule has 0 saturated heterocycles. The summed E-state index contributed by atoms with van der Waals surface area (Å²) < 4.78 is 34.6. The molecule has 2 N–H and O–H groups in total. The maximum atomic E-state index is 11.5. The van der Waals surface area contributed by atoms with Crippen LogP contribution in [-0.4, -0.2) is 24.2 Å². The predicted octanol–water partition coefficient (Wildman–Crippen LogP) is 2.02. The van der Waals surface area contributed by atoms with Crippen molar-refractivity contribution in [2.24, 2.45) is 5.73 Å². The van der Waals surface area contributed by atoms with Crippen molar-refractivity contribution in [2.75, 3.05) is 18.1 Å². The van der Waals surface area contributed by atoms with Crippen LogP contribution in [0.1, 0.15) is 12.8 Å². The summed E-state index contributed by atoms with van der Waals surface area (Å²) in [5, 5.41) is 0. The van der Waals surface area contributed by atoms with E-state index in [9.17, 15) is 13.2 Å². The largest absolute Gasteiger partial charge is 0.389 e. The molecule has 0 aliphatic rings. The Labute approximate surface area is 68.5 Å². The fraction of sp³-hybridized carbons (Fsp3) is 1.00. The van der Waals surface area contributed by atoms with Gasteiger partial charge in [-0.25, -0.2) is 0 Å². The standard InChI is InChI=1S/C6H12F3NS/c7-6(8,9)2-5-11-4-1-3-10/h1-5,10H2. The highest BCUT2D eigenvalue weighted by Gasteiger charge is 2.25. The fourth-order valence-electron chi connectivity index (χ4n) is 0.475. The van der Waals surface area contributed by atoms with Crippen molar-refractivity contribution in [3.63, 3.8) is 0 Å². The van der Waals surface area contributed by atoms with Gasteiger partial charge in [-0.15, -0.1) is 0 Å². The molecule has 0 aromatic carbocycles. The third kappa shape index (κ3) is 10.1. The van der Waals surface area contributed by atoms with Crippen LogP contribution in [0.3, 0.4) is 0 Å². The van der Waals surface area contributed by atoms with Crippen molar-refractivity contribution in [1.29, 1.82) is 0 Å². The second-order valence-electron chi connectivity index (χ2n) is 2.12. The number of hydrogen-bond donors (Lipinski definition) is 1. The van der Waals surface area contributed by atoms with Crippen molar-refractivity contribution in [3.05, 3.63) is 0 Å². The molecule has 0 amide bonds. The Morgan fingerprint density at radius 1 is 1.18 bits per heavy atom. The molecule has 0 fully saturated rings. The number of nitrogens with two attached hydrogens (primary N) is 1. The van der Waals surface area contributed by atoms with Crippen LogP contribution in [0.15, 0.2) is 0 Å². The van der Waals surface area contributed by atoms with E-state index in [2.05, 4.69) is 0 Å². The average Bonchev–Trinajstić information content (AvgIpc) is 1.85. The summed E-state index contributed by atoms with van der Waals surface area (Å²) in [4.78, 5) is 0. The first-order valence-corrected chi connectivity index (χ1v) is 4.56. The summed E-state index contributed by atoms with van der Waals surface area (Å²) >= 11 is 1.30. The maximum absolute atomic E-state index is 11.5. The Balaban J connectivity index is 3.02. The van der Waals surface area contributed by atoms with Crippen LogP contribution in [0.5, 0.6) is 0 Å². The first-order chi connectivity index (χ1) is 5.06. The molecule has 5 heteroatoms. The van der Waals surface area contributed by atoms with Crippen LogP contribution in [0.4, 0.5) is 13.2 Å². The third-order valence-corrected chi connectivity index (χ3v) is 2.09. The molecular weight excluding hydrogens is 175 g/mol. The zero-order valence-corrected chi connectivity index (χ0v) is 6.97. The Bertz CT molecular complexity index is 94.3. The van der Waals surface area contributed by atoms with Gasteiger partial charge in [0.2, 0.25) is 0 Å². The van der Waals surface area contributed by atoms with E-state index >= 15 is 0 Å². The molecule has 0 aliphatic carbocycles. The minimum atomic E-state index is -4.00. The summed E-state index contributed by atoms with van der Waals surface area (Å²) in [5.74, 6) is 0.885. The van der Waals surface area contributed by atoms with Crippen LogP contribution in [-0.2, 0) is 0 Å². The molecule has 0 radical (unpaired) electrons. The van der Waals surface area contributed by atoms with Gasteiger partial charge in [-0.3, -0.25) is 0 Å². The highest BCUT2D eigenvalue weighted by Crippen LogP contribution is 2.21. The summed E-state index contributed by atoms with van der Waals surface area (Å²) in [6.45, 7) is 0.555. The molecule has 0 bridgehead atoms. The smallest absolute Gasteiger partial charge is 0.330 e. The van der Waals surface area contributed by atoms with Gasteiger partial charge in [-0.2, -0.15) is 24.9 Å². The molecule has 68 valence electrons. The van der Waals surface area contributed by atoms with Gasteiger partial charge in [0.25, 0.3) is 0 Å². The molecule has 1 nitrogen and oxygen atoms in total. The van der Waals surface area contributed by atoms with E-state index in [1.165, 1.54) is 11.8 Å². The number of rotatable bonds is 5. The lowest BCUT2D eigenvalue weighted by Gasteiger charge is -2.04. The number of hydrogen-bond acceptors (Lipinski definition) is 2. The van der Waals surface area contributed by atoms with Gasteiger partial charge < -0.3 is 5.73 Å². The lowest BCUT2D eigenvalue weighted by molar-refractivity contribution is -0.129. The zero-order valence-electron chi connectivity index (χ0n) is 6.16. The quantitative estimate of drug-likeness (QED) is 0.666. The van der Waals surface area contributed by atoms with E-state index in [-0.39, 0.29) is 5.75 Å². The fourth-order valence-corrected chi connectivity index (χ4v) is 1.43. The topological polar surface area (TPSA) is 26.0 Å². The van der Waals surface area contributed by atoms with Crippen molar-refractivity contribution in [1.82, 2.24) is 0 Å². The van der Waals surface area contributed by atoms with Gasteiger partial charge in [-0.1, -0.05) is 0 Å². The van der Waals surface area contributed by atoms with E-state index in [1.54, 1.807) is 0 Å². The normalized spacial score (nSPS) is 12.0. The Hall–Kier alpha value is 0.100. The van der Waals surface area contributed by atoms with E-state index in [1.807, 2.05) is 0 Å². The van der Waals surface area contributed by atoms with E-state index in [0.29, 0.717) is 6.54 Å².